The number of carbonyl (C=O) groups excluding carboxylic acids is 1. The summed E-state index contributed by atoms with van der Waals surface area (Å²) in [7, 11) is 2.00. The lowest BCUT2D eigenvalue weighted by Crippen LogP contribution is -2.41. The Morgan fingerprint density at radius 2 is 2.14 bits per heavy atom. The van der Waals surface area contributed by atoms with E-state index in [0.29, 0.717) is 31.0 Å². The number of amides is 1. The van der Waals surface area contributed by atoms with Crippen LogP contribution in [0.25, 0.3) is 0 Å². The van der Waals surface area contributed by atoms with E-state index in [-0.39, 0.29) is 29.6 Å². The first kappa shape index (κ1) is 18.8. The minimum Gasteiger partial charge on any atom is -0.342 e. The zero-order valence-corrected chi connectivity index (χ0v) is 16.1. The first-order valence-corrected chi connectivity index (χ1v) is 9.83. The molecule has 28 heavy (non-hydrogen) atoms. The largest absolute Gasteiger partial charge is 0.342 e. The van der Waals surface area contributed by atoms with Crippen molar-refractivity contribution in [3.63, 3.8) is 0 Å². The van der Waals surface area contributed by atoms with E-state index in [4.69, 9.17) is 4.98 Å². The number of nitrogens with one attached hydrogen (secondary N) is 1. The highest BCUT2D eigenvalue weighted by Crippen LogP contribution is 2.26. The van der Waals surface area contributed by atoms with E-state index < -0.39 is 0 Å². The van der Waals surface area contributed by atoms with E-state index >= 15 is 0 Å². The quantitative estimate of drug-likeness (QED) is 0.877. The van der Waals surface area contributed by atoms with Crippen LogP contribution in [0.5, 0.6) is 0 Å². The van der Waals surface area contributed by atoms with Gasteiger partial charge in [-0.05, 0) is 31.5 Å². The molecule has 4 rings (SSSR count). The number of aromatic nitrogens is 2. The number of rotatable bonds is 3. The molecule has 1 aromatic heterocycles. The summed E-state index contributed by atoms with van der Waals surface area (Å²) in [6.07, 6.45) is 2.55. The predicted octanol–water partition coefficient (Wildman–Crippen LogP) is 1.85. The van der Waals surface area contributed by atoms with Gasteiger partial charge in [-0.3, -0.25) is 9.59 Å². The van der Waals surface area contributed by atoms with Crippen LogP contribution in [-0.2, 0) is 24.2 Å². The summed E-state index contributed by atoms with van der Waals surface area (Å²) >= 11 is 0. The molecule has 2 aliphatic rings. The van der Waals surface area contributed by atoms with E-state index in [1.165, 1.54) is 6.07 Å². The van der Waals surface area contributed by atoms with Crippen LogP contribution in [0.4, 0.5) is 4.39 Å². The Kier molecular flexibility index (Phi) is 5.26. The topological polar surface area (TPSA) is 69.3 Å². The summed E-state index contributed by atoms with van der Waals surface area (Å²) in [6, 6.07) is 6.38. The number of H-pyrrole nitrogens is 1. The minimum absolute atomic E-state index is 0.0102. The van der Waals surface area contributed by atoms with Gasteiger partial charge in [-0.25, -0.2) is 9.37 Å². The van der Waals surface area contributed by atoms with Crippen molar-refractivity contribution in [2.24, 2.45) is 0 Å². The number of fused-ring (bicyclic) bond motifs is 1. The Hall–Kier alpha value is -2.54. The van der Waals surface area contributed by atoms with Gasteiger partial charge in [-0.1, -0.05) is 18.2 Å². The maximum Gasteiger partial charge on any atom is 0.255 e. The van der Waals surface area contributed by atoms with Crippen LogP contribution in [0.2, 0.25) is 0 Å². The average Bonchev–Trinajstić information content (AvgIpc) is 2.70. The van der Waals surface area contributed by atoms with Crippen molar-refractivity contribution >= 4 is 5.91 Å². The van der Waals surface area contributed by atoms with Crippen LogP contribution in [-0.4, -0.2) is 52.4 Å². The fourth-order valence-electron chi connectivity index (χ4n) is 4.12. The number of likely N-dealkylation sites (N-methyl/N-ethyl adjacent to an activating group) is 1. The number of piperidine rings is 1. The molecule has 6 nitrogen and oxygen atoms in total. The normalized spacial score (nSPS) is 20.1. The number of aromatic amines is 1. The van der Waals surface area contributed by atoms with E-state index in [2.05, 4.69) is 9.88 Å². The maximum atomic E-state index is 13.9. The number of carbonyl (C=O) groups is 1. The zero-order chi connectivity index (χ0) is 19.7. The number of benzene rings is 1. The number of likely N-dealkylation sites (tertiary alicyclic amines) is 1. The molecular formula is C21H25FN4O2. The molecule has 3 heterocycles. The first-order valence-electron chi connectivity index (χ1n) is 9.83. The molecular weight excluding hydrogens is 359 g/mol. The number of hydrogen-bond acceptors (Lipinski definition) is 4. The lowest BCUT2D eigenvalue weighted by atomic mass is 9.95. The second kappa shape index (κ2) is 7.83. The third-order valence-corrected chi connectivity index (χ3v) is 5.74. The van der Waals surface area contributed by atoms with Crippen molar-refractivity contribution < 1.29 is 9.18 Å². The summed E-state index contributed by atoms with van der Waals surface area (Å²) < 4.78 is 13.9. The molecule has 2 aromatic rings. The SMILES string of the molecule is CN1CCc2nc(C3CCCN(C(=O)Cc4ccccc4F)C3)[nH]c(=O)c2C1. The summed E-state index contributed by atoms with van der Waals surface area (Å²) in [5.41, 5.74) is 1.98. The third kappa shape index (κ3) is 3.85. The number of halogens is 1. The third-order valence-electron chi connectivity index (χ3n) is 5.74. The molecule has 0 radical (unpaired) electrons. The van der Waals surface area contributed by atoms with Crippen molar-refractivity contribution in [2.75, 3.05) is 26.7 Å². The van der Waals surface area contributed by atoms with Crippen molar-refractivity contribution in [3.05, 3.63) is 63.1 Å². The Labute approximate surface area is 163 Å². The summed E-state index contributed by atoms with van der Waals surface area (Å²) in [5, 5.41) is 0. The summed E-state index contributed by atoms with van der Waals surface area (Å²) in [6.45, 7) is 2.68. The molecule has 0 aliphatic carbocycles. The van der Waals surface area contributed by atoms with Crippen molar-refractivity contribution in [1.82, 2.24) is 19.8 Å². The van der Waals surface area contributed by atoms with E-state index in [0.717, 1.165) is 37.1 Å². The lowest BCUT2D eigenvalue weighted by molar-refractivity contribution is -0.131. The molecule has 0 saturated carbocycles. The van der Waals surface area contributed by atoms with Gasteiger partial charge < -0.3 is 14.8 Å². The van der Waals surface area contributed by atoms with Gasteiger partial charge in [0.05, 0.1) is 17.7 Å². The van der Waals surface area contributed by atoms with E-state index in [1.807, 2.05) is 7.05 Å². The van der Waals surface area contributed by atoms with Crippen molar-refractivity contribution in [2.45, 2.75) is 38.1 Å². The lowest BCUT2D eigenvalue weighted by Gasteiger charge is -2.33. The fraction of sp³-hybridized carbons (Fsp3) is 0.476. The Balaban J connectivity index is 1.50. The highest BCUT2D eigenvalue weighted by atomic mass is 19.1. The molecule has 1 amide bonds. The Bertz CT molecular complexity index is 942. The first-order chi connectivity index (χ1) is 13.5. The maximum absolute atomic E-state index is 13.9. The van der Waals surface area contributed by atoms with Crippen LogP contribution in [0, 0.1) is 5.82 Å². The molecule has 1 saturated heterocycles. The zero-order valence-electron chi connectivity index (χ0n) is 16.1. The molecule has 7 heteroatoms. The monoisotopic (exact) mass is 384 g/mol. The van der Waals surface area contributed by atoms with E-state index in [1.54, 1.807) is 23.1 Å². The highest BCUT2D eigenvalue weighted by Gasteiger charge is 2.28. The molecule has 1 atom stereocenters. The Morgan fingerprint density at radius 1 is 1.32 bits per heavy atom. The van der Waals surface area contributed by atoms with Crippen LogP contribution < -0.4 is 5.56 Å². The van der Waals surface area contributed by atoms with Crippen LogP contribution in [0.1, 0.15) is 41.4 Å². The summed E-state index contributed by atoms with van der Waals surface area (Å²) in [4.78, 5) is 36.8. The van der Waals surface area contributed by atoms with Gasteiger partial charge in [0.1, 0.15) is 11.6 Å². The second-order valence-corrected chi connectivity index (χ2v) is 7.81. The van der Waals surface area contributed by atoms with Gasteiger partial charge in [0.15, 0.2) is 0 Å². The number of nitrogens with zero attached hydrogens (tertiary/aromatic N) is 3. The smallest absolute Gasteiger partial charge is 0.255 e. The highest BCUT2D eigenvalue weighted by molar-refractivity contribution is 5.79. The van der Waals surface area contributed by atoms with Gasteiger partial charge >= 0.3 is 0 Å². The standard InChI is InChI=1S/C21H25FN4O2/c1-25-10-8-18-16(13-25)21(28)24-20(23-18)15-6-4-9-26(12-15)19(27)11-14-5-2-3-7-17(14)22/h2-3,5,7,15H,4,6,8-13H2,1H3,(H,23,24,28). The van der Waals surface area contributed by atoms with Crippen molar-refractivity contribution in [3.8, 4) is 0 Å². The van der Waals surface area contributed by atoms with Gasteiger partial charge in [-0.15, -0.1) is 0 Å². The molecule has 1 fully saturated rings. The Morgan fingerprint density at radius 3 is 2.96 bits per heavy atom. The van der Waals surface area contributed by atoms with Crippen LogP contribution >= 0.6 is 0 Å². The minimum atomic E-state index is -0.352. The molecule has 1 unspecified atom stereocenters. The summed E-state index contributed by atoms with van der Waals surface area (Å²) in [5.74, 6) is 0.250. The predicted molar refractivity (Wildman–Crippen MR) is 104 cm³/mol. The molecule has 1 N–H and O–H groups in total. The van der Waals surface area contributed by atoms with Gasteiger partial charge in [0, 0.05) is 38.5 Å². The molecule has 148 valence electrons. The van der Waals surface area contributed by atoms with E-state index in [9.17, 15) is 14.0 Å². The van der Waals surface area contributed by atoms with Gasteiger partial charge in [-0.2, -0.15) is 0 Å². The fourth-order valence-corrected chi connectivity index (χ4v) is 4.12. The number of hydrogen-bond donors (Lipinski definition) is 1. The second-order valence-electron chi connectivity index (χ2n) is 7.81. The van der Waals surface area contributed by atoms with Gasteiger partial charge in [0.2, 0.25) is 5.91 Å². The molecule has 1 aromatic carbocycles. The molecule has 2 aliphatic heterocycles. The van der Waals surface area contributed by atoms with Gasteiger partial charge in [0.25, 0.3) is 5.56 Å². The van der Waals surface area contributed by atoms with Crippen molar-refractivity contribution in [1.29, 1.82) is 0 Å². The van der Waals surface area contributed by atoms with Crippen LogP contribution in [0.15, 0.2) is 29.1 Å². The molecule has 0 spiro atoms. The van der Waals surface area contributed by atoms with Crippen LogP contribution in [0.3, 0.4) is 0 Å². The molecule has 0 bridgehead atoms. The average molecular weight is 384 g/mol.